The first kappa shape index (κ1) is 28.3. The largest absolute Gasteiger partial charge is 0.431 e. The molecule has 0 fully saturated rings. The number of ether oxygens (including phenoxy) is 1. The fourth-order valence-electron chi connectivity index (χ4n) is 6.30. The van der Waals surface area contributed by atoms with E-state index < -0.39 is 5.41 Å². The maximum absolute atomic E-state index is 14.2. The molecular weight excluding hydrogens is 428 g/mol. The summed E-state index contributed by atoms with van der Waals surface area (Å²) in [5, 5.41) is 0. The third kappa shape index (κ3) is 9.58. The van der Waals surface area contributed by atoms with E-state index in [1.165, 1.54) is 120 Å². The molecule has 0 radical (unpaired) electrons. The van der Waals surface area contributed by atoms with Crippen LogP contribution in [0, 0.1) is 5.41 Å². The Morgan fingerprint density at radius 1 is 0.543 bits per heavy atom. The average molecular weight is 483 g/mol. The molecule has 0 bridgehead atoms. The Balaban J connectivity index is 1.89. The van der Waals surface area contributed by atoms with Crippen LogP contribution in [-0.2, 0) is 9.53 Å². The van der Waals surface area contributed by atoms with Gasteiger partial charge in [0.05, 0.1) is 0 Å². The predicted octanol–water partition coefficient (Wildman–Crippen LogP) is 10.7. The molecule has 0 aromatic heterocycles. The number of hydrogen-bond donors (Lipinski definition) is 0. The highest BCUT2D eigenvalue weighted by Gasteiger charge is 2.42. The molecule has 0 unspecified atom stereocenters. The van der Waals surface area contributed by atoms with Gasteiger partial charge in [-0.1, -0.05) is 100 Å². The van der Waals surface area contributed by atoms with Crippen LogP contribution in [0.15, 0.2) is 35.1 Å². The summed E-state index contributed by atoms with van der Waals surface area (Å²) in [5.74, 6) is 0.955. The standard InChI is InChI=1S/C33H54O2/c1-33(29-23-17-11-5-2-6-12-18-24-29,30-25-19-13-7-3-8-14-20-26-30)32(34)35-31-27-21-15-9-4-10-16-22-28-31/h23,25,27H,2-22,24,26,28H2,1H3/b29-23+,30-25+,31-27+. The zero-order valence-corrected chi connectivity index (χ0v) is 23.0. The molecule has 3 aliphatic carbocycles. The minimum absolute atomic E-state index is 0.00688. The van der Waals surface area contributed by atoms with Gasteiger partial charge in [0.25, 0.3) is 0 Å². The van der Waals surface area contributed by atoms with Gasteiger partial charge in [-0.15, -0.1) is 0 Å². The van der Waals surface area contributed by atoms with Crippen molar-refractivity contribution in [3.8, 4) is 0 Å². The topological polar surface area (TPSA) is 26.3 Å². The number of rotatable bonds is 4. The lowest BCUT2D eigenvalue weighted by Crippen LogP contribution is -2.34. The van der Waals surface area contributed by atoms with Gasteiger partial charge in [-0.2, -0.15) is 0 Å². The molecule has 0 saturated carbocycles. The Morgan fingerprint density at radius 3 is 1.40 bits per heavy atom. The molecule has 2 heteroatoms. The van der Waals surface area contributed by atoms with Crippen molar-refractivity contribution in [2.75, 3.05) is 0 Å². The first-order valence-corrected chi connectivity index (χ1v) is 15.5. The van der Waals surface area contributed by atoms with Crippen LogP contribution in [0.25, 0.3) is 0 Å². The molecule has 0 spiro atoms. The van der Waals surface area contributed by atoms with Crippen LogP contribution in [0.2, 0.25) is 0 Å². The van der Waals surface area contributed by atoms with E-state index in [1.54, 1.807) is 0 Å². The lowest BCUT2D eigenvalue weighted by Gasteiger charge is -2.35. The quantitative estimate of drug-likeness (QED) is 0.294. The van der Waals surface area contributed by atoms with Crippen molar-refractivity contribution in [2.24, 2.45) is 5.41 Å². The van der Waals surface area contributed by atoms with E-state index in [2.05, 4.69) is 25.2 Å². The van der Waals surface area contributed by atoms with Gasteiger partial charge >= 0.3 is 5.97 Å². The zero-order valence-electron chi connectivity index (χ0n) is 23.0. The molecule has 0 N–H and O–H groups in total. The van der Waals surface area contributed by atoms with Crippen molar-refractivity contribution in [1.29, 1.82) is 0 Å². The van der Waals surface area contributed by atoms with Crippen LogP contribution in [0.3, 0.4) is 0 Å². The number of carbonyl (C=O) groups is 1. The second kappa shape index (κ2) is 16.4. The van der Waals surface area contributed by atoms with Crippen LogP contribution in [-0.4, -0.2) is 5.97 Å². The molecule has 35 heavy (non-hydrogen) atoms. The summed E-state index contributed by atoms with van der Waals surface area (Å²) in [6.45, 7) is 2.23. The minimum atomic E-state index is -0.603. The van der Waals surface area contributed by atoms with Crippen LogP contribution in [0.4, 0.5) is 0 Å². The van der Waals surface area contributed by atoms with Crippen molar-refractivity contribution in [2.45, 2.75) is 161 Å². The summed E-state index contributed by atoms with van der Waals surface area (Å²) in [6, 6.07) is 0. The van der Waals surface area contributed by atoms with E-state index >= 15 is 0 Å². The fourth-order valence-corrected chi connectivity index (χ4v) is 6.30. The van der Waals surface area contributed by atoms with Crippen LogP contribution in [0.5, 0.6) is 0 Å². The molecule has 0 aromatic rings. The van der Waals surface area contributed by atoms with Crippen molar-refractivity contribution in [1.82, 2.24) is 0 Å². The highest BCUT2D eigenvalue weighted by atomic mass is 16.5. The summed E-state index contributed by atoms with van der Waals surface area (Å²) in [6.07, 6.45) is 36.5. The number of carbonyl (C=O) groups excluding carboxylic acids is 1. The Labute approximate surface area is 217 Å². The Morgan fingerprint density at radius 2 is 0.914 bits per heavy atom. The Kier molecular flexibility index (Phi) is 13.3. The monoisotopic (exact) mass is 482 g/mol. The smallest absolute Gasteiger partial charge is 0.325 e. The normalized spacial score (nSPS) is 27.6. The van der Waals surface area contributed by atoms with Crippen molar-refractivity contribution < 1.29 is 9.53 Å². The molecule has 0 atom stereocenters. The van der Waals surface area contributed by atoms with Crippen LogP contribution < -0.4 is 0 Å². The van der Waals surface area contributed by atoms with E-state index in [0.29, 0.717) is 0 Å². The first-order chi connectivity index (χ1) is 17.2. The maximum Gasteiger partial charge on any atom is 0.325 e. The second-order valence-corrected chi connectivity index (χ2v) is 11.6. The lowest BCUT2D eigenvalue weighted by molar-refractivity contribution is -0.147. The minimum Gasteiger partial charge on any atom is -0.431 e. The van der Waals surface area contributed by atoms with E-state index in [1.807, 2.05) is 0 Å². The van der Waals surface area contributed by atoms with Crippen molar-refractivity contribution in [3.63, 3.8) is 0 Å². The molecule has 3 aliphatic rings. The second-order valence-electron chi connectivity index (χ2n) is 11.6. The number of esters is 1. The van der Waals surface area contributed by atoms with Crippen molar-refractivity contribution in [3.05, 3.63) is 35.1 Å². The van der Waals surface area contributed by atoms with E-state index in [4.69, 9.17) is 4.74 Å². The van der Waals surface area contributed by atoms with Gasteiger partial charge in [-0.3, -0.25) is 4.79 Å². The van der Waals surface area contributed by atoms with Crippen LogP contribution in [0.1, 0.15) is 161 Å². The number of allylic oxidation sites excluding steroid dienone is 4. The Hall–Kier alpha value is -1.31. The lowest BCUT2D eigenvalue weighted by atomic mass is 9.70. The zero-order chi connectivity index (χ0) is 24.6. The van der Waals surface area contributed by atoms with E-state index in [-0.39, 0.29) is 5.97 Å². The highest BCUT2D eigenvalue weighted by Crippen LogP contribution is 2.44. The highest BCUT2D eigenvalue weighted by molar-refractivity contribution is 5.85. The summed E-state index contributed by atoms with van der Waals surface area (Å²) in [7, 11) is 0. The van der Waals surface area contributed by atoms with E-state index in [0.717, 1.165) is 50.7 Å². The van der Waals surface area contributed by atoms with Gasteiger partial charge < -0.3 is 4.74 Å². The van der Waals surface area contributed by atoms with Gasteiger partial charge in [-0.05, 0) is 83.6 Å². The van der Waals surface area contributed by atoms with E-state index in [9.17, 15) is 4.79 Å². The van der Waals surface area contributed by atoms with Gasteiger partial charge in [0, 0.05) is 6.42 Å². The molecule has 3 rings (SSSR count). The van der Waals surface area contributed by atoms with Gasteiger partial charge in [0.15, 0.2) is 0 Å². The summed E-state index contributed by atoms with van der Waals surface area (Å²) in [4.78, 5) is 14.2. The van der Waals surface area contributed by atoms with Gasteiger partial charge in [0.2, 0.25) is 0 Å². The average Bonchev–Trinajstić information content (AvgIpc) is 2.88. The molecule has 0 saturated heterocycles. The first-order valence-electron chi connectivity index (χ1n) is 15.5. The molecule has 0 amide bonds. The van der Waals surface area contributed by atoms with Crippen LogP contribution >= 0.6 is 0 Å². The predicted molar refractivity (Wildman–Crippen MR) is 149 cm³/mol. The summed E-state index contributed by atoms with van der Waals surface area (Å²) >= 11 is 0. The molecular formula is C33H54O2. The van der Waals surface area contributed by atoms with Gasteiger partial charge in [0.1, 0.15) is 11.2 Å². The molecule has 0 aliphatic heterocycles. The third-order valence-electron chi connectivity index (χ3n) is 8.75. The molecule has 198 valence electrons. The van der Waals surface area contributed by atoms with Crippen molar-refractivity contribution >= 4 is 5.97 Å². The SMILES string of the molecule is CC(C(=O)O/C1=C/CCCCCCCC1)(/C1=C/CCCCCCCC1)/C1=C/CCCCCCCC1. The van der Waals surface area contributed by atoms with Gasteiger partial charge in [-0.25, -0.2) is 0 Å². The molecule has 0 heterocycles. The summed E-state index contributed by atoms with van der Waals surface area (Å²) in [5.41, 5.74) is 2.11. The number of hydrogen-bond acceptors (Lipinski definition) is 2. The molecule has 2 nitrogen and oxygen atoms in total. The fraction of sp³-hybridized carbons (Fsp3) is 0.788. The third-order valence-corrected chi connectivity index (χ3v) is 8.75. The maximum atomic E-state index is 14.2. The molecule has 0 aromatic carbocycles. The summed E-state index contributed by atoms with van der Waals surface area (Å²) < 4.78 is 6.39. The Bertz CT molecular complexity index is 677.